The van der Waals surface area contributed by atoms with Gasteiger partial charge in [-0.25, -0.2) is 4.98 Å². The summed E-state index contributed by atoms with van der Waals surface area (Å²) in [5.74, 6) is 0. The van der Waals surface area contributed by atoms with Crippen LogP contribution in [0, 0.1) is 0 Å². The highest BCUT2D eigenvalue weighted by Crippen LogP contribution is 2.42. The van der Waals surface area contributed by atoms with E-state index in [1.165, 1.54) is 76.8 Å². The molecule has 12 aromatic carbocycles. The molecule has 0 bridgehead atoms. The minimum atomic E-state index is 0.804. The molecular formula is C70H44N4. The van der Waals surface area contributed by atoms with Crippen molar-refractivity contribution < 1.29 is 0 Å². The summed E-state index contributed by atoms with van der Waals surface area (Å²) in [4.78, 5) is 10.9. The molecule has 3 heterocycles. The third kappa shape index (κ3) is 6.77. The van der Waals surface area contributed by atoms with Gasteiger partial charge in [0, 0.05) is 49.3 Å². The van der Waals surface area contributed by atoms with Crippen molar-refractivity contribution in [3.63, 3.8) is 0 Å². The highest BCUT2D eigenvalue weighted by atomic mass is 15.0. The van der Waals surface area contributed by atoms with Gasteiger partial charge >= 0.3 is 0 Å². The van der Waals surface area contributed by atoms with E-state index in [1.54, 1.807) is 0 Å². The van der Waals surface area contributed by atoms with Crippen molar-refractivity contribution in [2.75, 3.05) is 0 Å². The topological polar surface area (TPSA) is 35.6 Å². The lowest BCUT2D eigenvalue weighted by molar-refractivity contribution is 1.13. The first-order valence-electron chi connectivity index (χ1n) is 25.3. The molecule has 0 aliphatic heterocycles. The van der Waals surface area contributed by atoms with Gasteiger partial charge in [0.25, 0.3) is 0 Å². The highest BCUT2D eigenvalue weighted by Gasteiger charge is 2.21. The van der Waals surface area contributed by atoms with Crippen LogP contribution in [0.25, 0.3) is 143 Å². The van der Waals surface area contributed by atoms with Crippen molar-refractivity contribution in [1.29, 1.82) is 0 Å². The second-order valence-corrected chi connectivity index (χ2v) is 19.3. The van der Waals surface area contributed by atoms with Crippen molar-refractivity contribution in [2.24, 2.45) is 0 Å². The fourth-order valence-electron chi connectivity index (χ4n) is 11.6. The summed E-state index contributed by atoms with van der Waals surface area (Å²) in [6, 6.07) is 94.7. The Morgan fingerprint density at radius 3 is 0.919 bits per heavy atom. The van der Waals surface area contributed by atoms with E-state index in [4.69, 9.17) is 9.97 Å². The fraction of sp³-hybridized carbons (Fsp3) is 0. The van der Waals surface area contributed by atoms with Crippen LogP contribution >= 0.6 is 0 Å². The molecule has 15 aromatic rings. The van der Waals surface area contributed by atoms with E-state index in [-0.39, 0.29) is 0 Å². The summed E-state index contributed by atoms with van der Waals surface area (Å²) in [6.45, 7) is 0. The molecule has 0 fully saturated rings. The van der Waals surface area contributed by atoms with Crippen LogP contribution in [-0.2, 0) is 0 Å². The molecule has 0 saturated carbocycles. The Kier molecular flexibility index (Phi) is 9.54. The highest BCUT2D eigenvalue weighted by molar-refractivity contribution is 6.23. The number of nitrogens with zero attached hydrogens (tertiary/aromatic N) is 4. The second-order valence-electron chi connectivity index (χ2n) is 19.3. The van der Waals surface area contributed by atoms with Crippen LogP contribution in [-0.4, -0.2) is 19.1 Å². The first kappa shape index (κ1) is 41.8. The van der Waals surface area contributed by atoms with Gasteiger partial charge in [0.15, 0.2) is 0 Å². The number of hydrogen-bond donors (Lipinski definition) is 0. The van der Waals surface area contributed by atoms with E-state index in [1.807, 2.05) is 6.20 Å². The molecule has 0 spiro atoms. The molecule has 4 nitrogen and oxygen atoms in total. The molecule has 0 radical (unpaired) electrons. The SMILES string of the molecule is c1ccc(-c2ccc3c(c2)c2cc(-c4ccccc4)ccc2n3-c2cc(-c3cnc4c5ccccc5c5ccccc5c4n3)cc(-n3c4ccc(-c5ccccc5)cc4c4cc(-c5ccccc5)ccc43)c2)cc1. The van der Waals surface area contributed by atoms with Crippen molar-refractivity contribution in [3.8, 4) is 67.1 Å². The molecule has 4 heteroatoms. The van der Waals surface area contributed by atoms with E-state index in [9.17, 15) is 0 Å². The molecule has 3 aromatic heterocycles. The molecule has 0 atom stereocenters. The van der Waals surface area contributed by atoms with Crippen LogP contribution in [0.2, 0.25) is 0 Å². The Balaban J connectivity index is 1.03. The normalized spacial score (nSPS) is 11.8. The zero-order valence-electron chi connectivity index (χ0n) is 40.2. The second kappa shape index (κ2) is 16.9. The quantitative estimate of drug-likeness (QED) is 0.149. The smallest absolute Gasteiger partial charge is 0.0979 e. The third-order valence-corrected chi connectivity index (χ3v) is 15.1. The summed E-state index contributed by atoms with van der Waals surface area (Å²) >= 11 is 0. The summed E-state index contributed by atoms with van der Waals surface area (Å²) in [5.41, 5.74) is 19.6. The van der Waals surface area contributed by atoms with Gasteiger partial charge in [0.05, 0.1) is 45.0 Å². The maximum Gasteiger partial charge on any atom is 0.0979 e. The van der Waals surface area contributed by atoms with Crippen LogP contribution in [0.15, 0.2) is 267 Å². The Labute approximate surface area is 427 Å². The van der Waals surface area contributed by atoms with Crippen LogP contribution in [0.1, 0.15) is 0 Å². The first-order valence-corrected chi connectivity index (χ1v) is 25.3. The van der Waals surface area contributed by atoms with Gasteiger partial charge in [-0.1, -0.05) is 194 Å². The number of fused-ring (bicyclic) bond motifs is 12. The zero-order valence-corrected chi connectivity index (χ0v) is 40.2. The fourth-order valence-corrected chi connectivity index (χ4v) is 11.6. The van der Waals surface area contributed by atoms with E-state index < -0.39 is 0 Å². The van der Waals surface area contributed by atoms with Gasteiger partial charge in [-0.15, -0.1) is 0 Å². The molecule has 0 saturated heterocycles. The first-order chi connectivity index (χ1) is 36.7. The number of hydrogen-bond acceptors (Lipinski definition) is 2. The average Bonchev–Trinajstić information content (AvgIpc) is 4.03. The predicted molar refractivity (Wildman–Crippen MR) is 310 cm³/mol. The van der Waals surface area contributed by atoms with Gasteiger partial charge in [-0.2, -0.15) is 0 Å². The van der Waals surface area contributed by atoms with Crippen molar-refractivity contribution >= 4 is 76.2 Å². The Hall–Kier alpha value is -9.90. The molecule has 74 heavy (non-hydrogen) atoms. The van der Waals surface area contributed by atoms with Crippen molar-refractivity contribution in [2.45, 2.75) is 0 Å². The minimum Gasteiger partial charge on any atom is -0.309 e. The zero-order chi connectivity index (χ0) is 48.7. The summed E-state index contributed by atoms with van der Waals surface area (Å²) in [6.07, 6.45) is 1.97. The van der Waals surface area contributed by atoms with E-state index in [0.717, 1.165) is 66.5 Å². The van der Waals surface area contributed by atoms with Gasteiger partial charge in [-0.3, -0.25) is 4.98 Å². The lowest BCUT2D eigenvalue weighted by Crippen LogP contribution is -2.01. The predicted octanol–water partition coefficient (Wildman–Crippen LogP) is 18.5. The van der Waals surface area contributed by atoms with E-state index in [0.29, 0.717) is 0 Å². The van der Waals surface area contributed by atoms with Gasteiger partial charge < -0.3 is 9.13 Å². The summed E-state index contributed by atoms with van der Waals surface area (Å²) < 4.78 is 4.90. The van der Waals surface area contributed by atoms with Crippen LogP contribution < -0.4 is 0 Å². The van der Waals surface area contributed by atoms with Crippen LogP contribution in [0.5, 0.6) is 0 Å². The van der Waals surface area contributed by atoms with E-state index >= 15 is 0 Å². The number of benzene rings is 12. The maximum absolute atomic E-state index is 5.62. The molecular weight excluding hydrogens is 897 g/mol. The van der Waals surface area contributed by atoms with Crippen molar-refractivity contribution in [1.82, 2.24) is 19.1 Å². The maximum atomic E-state index is 5.62. The molecule has 0 unspecified atom stereocenters. The average molecular weight is 941 g/mol. The molecule has 0 aliphatic rings. The molecule has 344 valence electrons. The minimum absolute atomic E-state index is 0.804. The van der Waals surface area contributed by atoms with Gasteiger partial charge in [-0.05, 0) is 122 Å². The molecule has 0 amide bonds. The van der Waals surface area contributed by atoms with Crippen LogP contribution in [0.3, 0.4) is 0 Å². The Morgan fingerprint density at radius 2 is 0.554 bits per heavy atom. The lowest BCUT2D eigenvalue weighted by atomic mass is 9.99. The Bertz CT molecular complexity index is 4240. The third-order valence-electron chi connectivity index (χ3n) is 15.1. The van der Waals surface area contributed by atoms with Crippen molar-refractivity contribution in [3.05, 3.63) is 267 Å². The lowest BCUT2D eigenvalue weighted by Gasteiger charge is -2.16. The monoisotopic (exact) mass is 940 g/mol. The summed E-state index contributed by atoms with van der Waals surface area (Å²) in [7, 11) is 0. The van der Waals surface area contributed by atoms with Crippen LogP contribution in [0.4, 0.5) is 0 Å². The van der Waals surface area contributed by atoms with Gasteiger partial charge in [0.2, 0.25) is 0 Å². The molecule has 0 aliphatic carbocycles. The van der Waals surface area contributed by atoms with Gasteiger partial charge in [0.1, 0.15) is 0 Å². The molecule has 0 N–H and O–H groups in total. The molecule has 15 rings (SSSR count). The van der Waals surface area contributed by atoms with E-state index in [2.05, 4.69) is 270 Å². The number of aromatic nitrogens is 4. The standard InChI is InChI=1S/C70H44N4/c1-5-17-45(18-6-1)49-29-33-65-60(39-49)61-40-50(46-19-7-2-8-20-46)30-34-66(61)73(65)54-37-53(64-44-71-69-58-27-15-13-25-56(58)57-26-14-16-28-59(57)70(69)72-64)38-55(43-54)74-67-35-31-51(47-21-9-3-10-22-47)41-62(67)63-42-52(32-36-68(63)74)48-23-11-4-12-24-48/h1-44H. The number of rotatable bonds is 7. The summed E-state index contributed by atoms with van der Waals surface area (Å²) in [5, 5.41) is 9.28. The Morgan fingerprint density at radius 1 is 0.230 bits per heavy atom. The largest absolute Gasteiger partial charge is 0.309 e.